The summed E-state index contributed by atoms with van der Waals surface area (Å²) < 4.78 is 12.7. The lowest BCUT2D eigenvalue weighted by atomic mass is 9.81. The van der Waals surface area contributed by atoms with Crippen molar-refractivity contribution in [3.8, 4) is 11.5 Å². The highest BCUT2D eigenvalue weighted by molar-refractivity contribution is 9.10. The fraction of sp³-hybridized carbons (Fsp3) is 0.391. The number of carbonyl (C=O) groups is 2. The van der Waals surface area contributed by atoms with Crippen LogP contribution in [-0.2, 0) is 14.3 Å². The Morgan fingerprint density at radius 2 is 1.59 bits per heavy atom. The van der Waals surface area contributed by atoms with Gasteiger partial charge in [-0.1, -0.05) is 27.5 Å². The molecule has 1 unspecified atom stereocenters. The van der Waals surface area contributed by atoms with Gasteiger partial charge in [0.25, 0.3) is 0 Å². The summed E-state index contributed by atoms with van der Waals surface area (Å²) in [4.78, 5) is 26.4. The van der Waals surface area contributed by atoms with Crippen LogP contribution in [0.3, 0.4) is 0 Å². The van der Waals surface area contributed by atoms with Crippen LogP contribution in [0.25, 0.3) is 0 Å². The summed E-state index contributed by atoms with van der Waals surface area (Å²) in [6, 6.07) is 9.18. The normalized spacial score (nSPS) is 30.1. The summed E-state index contributed by atoms with van der Waals surface area (Å²) in [6.07, 6.45) is 1.62. The van der Waals surface area contributed by atoms with Crippen LogP contribution in [0.1, 0.15) is 35.4 Å². The Kier molecular flexibility index (Phi) is 4.61. The fourth-order valence-corrected chi connectivity index (χ4v) is 6.06. The van der Waals surface area contributed by atoms with Crippen molar-refractivity contribution in [1.82, 2.24) is 0 Å². The second kappa shape index (κ2) is 6.93. The van der Waals surface area contributed by atoms with Gasteiger partial charge < -0.3 is 9.47 Å². The van der Waals surface area contributed by atoms with Crippen LogP contribution < -0.4 is 4.74 Å². The van der Waals surface area contributed by atoms with E-state index in [-0.39, 0.29) is 35.6 Å². The number of hydrogen-bond donors (Lipinski definition) is 0. The number of carbonyl (C=O) groups excluding carboxylic acids is 2. The van der Waals surface area contributed by atoms with Gasteiger partial charge in [-0.2, -0.15) is 0 Å². The Labute approximate surface area is 182 Å². The summed E-state index contributed by atoms with van der Waals surface area (Å²) in [6.45, 7) is 3.86. The number of ether oxygens (including phenoxy) is 2. The predicted octanol–water partition coefficient (Wildman–Crippen LogP) is 5.54. The van der Waals surface area contributed by atoms with Crippen LogP contribution in [0.2, 0.25) is 5.02 Å². The zero-order valence-corrected chi connectivity index (χ0v) is 18.4. The Bertz CT molecular complexity index is 998. The second-order valence-electron chi connectivity index (χ2n) is 8.23. The molecular formula is C23H20BrClO4. The van der Waals surface area contributed by atoms with E-state index < -0.39 is 5.92 Å². The molecular weight excluding hydrogens is 456 g/mol. The molecule has 0 amide bonds. The molecule has 2 heterocycles. The van der Waals surface area contributed by atoms with E-state index in [1.54, 1.807) is 12.1 Å². The first-order valence-corrected chi connectivity index (χ1v) is 11.0. The van der Waals surface area contributed by atoms with Gasteiger partial charge in [-0.3, -0.25) is 9.59 Å². The third-order valence-corrected chi connectivity index (χ3v) is 7.27. The molecule has 2 saturated heterocycles. The fourth-order valence-electron chi connectivity index (χ4n) is 5.34. The van der Waals surface area contributed by atoms with Gasteiger partial charge in [-0.05, 0) is 73.7 Å². The van der Waals surface area contributed by atoms with Crippen LogP contribution in [0.5, 0.6) is 11.5 Å². The Morgan fingerprint density at radius 1 is 1.00 bits per heavy atom. The SMILES string of the molecule is Cc1cc(Oc2ccc(Br)cc2Cl)cc(C)c1C1C(=O)[C@@H]2[C@H](C1=O)[C@H]1CC[C@@H]2O1. The van der Waals surface area contributed by atoms with E-state index in [0.29, 0.717) is 16.5 Å². The van der Waals surface area contributed by atoms with E-state index in [1.807, 2.05) is 32.0 Å². The van der Waals surface area contributed by atoms with Gasteiger partial charge in [0, 0.05) is 4.47 Å². The molecule has 0 N–H and O–H groups in total. The number of aryl methyl sites for hydroxylation is 2. The highest BCUT2D eigenvalue weighted by Crippen LogP contribution is 2.53. The van der Waals surface area contributed by atoms with Gasteiger partial charge in [0.2, 0.25) is 0 Å². The quantitative estimate of drug-likeness (QED) is 0.547. The third kappa shape index (κ3) is 2.97. The van der Waals surface area contributed by atoms with Crippen molar-refractivity contribution in [2.45, 2.75) is 44.8 Å². The predicted molar refractivity (Wildman–Crippen MR) is 113 cm³/mol. The van der Waals surface area contributed by atoms with Gasteiger partial charge in [0.05, 0.1) is 29.1 Å². The minimum atomic E-state index is -0.678. The molecule has 2 aromatic carbocycles. The minimum absolute atomic E-state index is 0.0306. The topological polar surface area (TPSA) is 52.6 Å². The molecule has 0 spiro atoms. The van der Waals surface area contributed by atoms with E-state index in [4.69, 9.17) is 21.1 Å². The average molecular weight is 476 g/mol. The number of benzene rings is 2. The van der Waals surface area contributed by atoms with Crippen molar-refractivity contribution in [3.63, 3.8) is 0 Å². The van der Waals surface area contributed by atoms with Crippen molar-refractivity contribution in [3.05, 3.63) is 56.5 Å². The summed E-state index contributed by atoms with van der Waals surface area (Å²) in [5.41, 5.74) is 2.59. The van der Waals surface area contributed by atoms with Crippen molar-refractivity contribution in [2.24, 2.45) is 11.8 Å². The van der Waals surface area contributed by atoms with Gasteiger partial charge in [-0.15, -0.1) is 0 Å². The smallest absolute Gasteiger partial charge is 0.154 e. The molecule has 4 nitrogen and oxygen atoms in total. The van der Waals surface area contributed by atoms with Crippen molar-refractivity contribution < 1.29 is 19.1 Å². The number of hydrogen-bond acceptors (Lipinski definition) is 4. The van der Waals surface area contributed by atoms with Crippen molar-refractivity contribution >= 4 is 39.1 Å². The van der Waals surface area contributed by atoms with Crippen LogP contribution in [0.15, 0.2) is 34.8 Å². The standard InChI is InChI=1S/C23H20BrClO4/c1-10-7-13(28-15-4-3-12(24)9-14(15)25)8-11(2)18(10)21-22(26)19-16-5-6-17(29-16)20(19)23(21)27/h3-4,7-9,16-17,19-21H,5-6H2,1-2H3/t16-,17+,19-,20+,21?. The molecule has 1 saturated carbocycles. The maximum atomic E-state index is 13.2. The van der Waals surface area contributed by atoms with Gasteiger partial charge >= 0.3 is 0 Å². The van der Waals surface area contributed by atoms with E-state index in [2.05, 4.69) is 15.9 Å². The number of fused-ring (bicyclic) bond motifs is 5. The van der Waals surface area contributed by atoms with Crippen LogP contribution >= 0.6 is 27.5 Å². The monoisotopic (exact) mass is 474 g/mol. The summed E-state index contributed by atoms with van der Waals surface area (Å²) in [5, 5.41) is 0.503. The van der Waals surface area contributed by atoms with Crippen molar-refractivity contribution in [2.75, 3.05) is 0 Å². The van der Waals surface area contributed by atoms with Gasteiger partial charge in [0.1, 0.15) is 17.4 Å². The molecule has 3 aliphatic rings. The Balaban J connectivity index is 1.48. The summed E-state index contributed by atoms with van der Waals surface area (Å²) >= 11 is 9.65. The first kappa shape index (κ1) is 19.3. The van der Waals surface area contributed by atoms with E-state index >= 15 is 0 Å². The lowest BCUT2D eigenvalue weighted by molar-refractivity contribution is -0.127. The average Bonchev–Trinajstić information content (AvgIpc) is 3.33. The zero-order chi connectivity index (χ0) is 20.4. The molecule has 5 rings (SSSR count). The maximum absolute atomic E-state index is 13.2. The molecule has 29 heavy (non-hydrogen) atoms. The summed E-state index contributed by atoms with van der Waals surface area (Å²) in [7, 11) is 0. The Hall–Kier alpha value is -1.69. The van der Waals surface area contributed by atoms with Gasteiger partial charge in [0.15, 0.2) is 11.6 Å². The third-order valence-electron chi connectivity index (χ3n) is 6.48. The second-order valence-corrected chi connectivity index (χ2v) is 9.55. The van der Waals surface area contributed by atoms with Crippen molar-refractivity contribution in [1.29, 1.82) is 0 Å². The van der Waals surface area contributed by atoms with Crippen LogP contribution in [0.4, 0.5) is 0 Å². The number of halogens is 2. The molecule has 5 atom stereocenters. The molecule has 150 valence electrons. The lowest BCUT2D eigenvalue weighted by Crippen LogP contribution is -2.29. The summed E-state index contributed by atoms with van der Waals surface area (Å²) in [5.74, 6) is 0.0469. The lowest BCUT2D eigenvalue weighted by Gasteiger charge is -2.19. The minimum Gasteiger partial charge on any atom is -0.456 e. The molecule has 3 fully saturated rings. The molecule has 2 bridgehead atoms. The molecule has 2 aliphatic heterocycles. The van der Waals surface area contributed by atoms with E-state index in [9.17, 15) is 9.59 Å². The largest absolute Gasteiger partial charge is 0.456 e. The molecule has 0 radical (unpaired) electrons. The Morgan fingerprint density at radius 3 is 2.14 bits per heavy atom. The van der Waals surface area contributed by atoms with E-state index in [0.717, 1.165) is 34.0 Å². The first-order chi connectivity index (χ1) is 13.8. The molecule has 0 aromatic heterocycles. The highest BCUT2D eigenvalue weighted by Gasteiger charge is 2.63. The van der Waals surface area contributed by atoms with Crippen LogP contribution in [0, 0.1) is 25.7 Å². The number of Topliss-reactive ketones (excluding diaryl/α,β-unsaturated/α-hetero) is 2. The molecule has 1 aliphatic carbocycles. The highest BCUT2D eigenvalue weighted by atomic mass is 79.9. The number of ketones is 2. The van der Waals surface area contributed by atoms with E-state index in [1.165, 1.54) is 0 Å². The molecule has 6 heteroatoms. The maximum Gasteiger partial charge on any atom is 0.154 e. The van der Waals surface area contributed by atoms with Crippen LogP contribution in [-0.4, -0.2) is 23.8 Å². The zero-order valence-electron chi connectivity index (χ0n) is 16.1. The van der Waals surface area contributed by atoms with Gasteiger partial charge in [-0.25, -0.2) is 0 Å². The molecule has 2 aromatic rings. The first-order valence-electron chi connectivity index (χ1n) is 9.82. The number of rotatable bonds is 3.